The van der Waals surface area contributed by atoms with Crippen molar-refractivity contribution < 1.29 is 8.78 Å². The highest BCUT2D eigenvalue weighted by Crippen LogP contribution is 2.28. The molecule has 0 bridgehead atoms. The summed E-state index contributed by atoms with van der Waals surface area (Å²) < 4.78 is 24.9. The normalized spacial score (nSPS) is 45.0. The second-order valence-electron chi connectivity index (χ2n) is 2.44. The highest BCUT2D eigenvalue weighted by molar-refractivity contribution is 9.09. The molecule has 0 aromatic rings. The van der Waals surface area contributed by atoms with Gasteiger partial charge in [0, 0.05) is 11.2 Å². The molecule has 0 aromatic heterocycles. The molecule has 3 unspecified atom stereocenters. The first-order chi connectivity index (χ1) is 4.20. The van der Waals surface area contributed by atoms with Gasteiger partial charge < -0.3 is 0 Å². The van der Waals surface area contributed by atoms with Crippen molar-refractivity contribution in [2.75, 3.05) is 0 Å². The van der Waals surface area contributed by atoms with Crippen LogP contribution in [0.25, 0.3) is 0 Å². The zero-order chi connectivity index (χ0) is 6.85. The van der Waals surface area contributed by atoms with Crippen LogP contribution >= 0.6 is 15.9 Å². The van der Waals surface area contributed by atoms with Crippen molar-refractivity contribution in [1.82, 2.24) is 0 Å². The van der Waals surface area contributed by atoms with Crippen LogP contribution in [0.3, 0.4) is 0 Å². The zero-order valence-corrected chi connectivity index (χ0v) is 6.57. The van der Waals surface area contributed by atoms with E-state index < -0.39 is 12.3 Å². The maximum atomic E-state index is 12.5. The van der Waals surface area contributed by atoms with E-state index in [1.54, 1.807) is 0 Å². The van der Waals surface area contributed by atoms with Gasteiger partial charge in [-0.25, -0.2) is 8.78 Å². The molecule has 0 aromatic carbocycles. The van der Waals surface area contributed by atoms with E-state index in [1.807, 2.05) is 0 Å². The van der Waals surface area contributed by atoms with Gasteiger partial charge in [-0.05, 0) is 12.8 Å². The van der Waals surface area contributed by atoms with E-state index in [0.29, 0.717) is 12.8 Å². The lowest BCUT2D eigenvalue weighted by molar-refractivity contribution is 0.166. The van der Waals surface area contributed by atoms with Gasteiger partial charge in [-0.15, -0.1) is 0 Å². The molecule has 1 aliphatic rings. The minimum absolute atomic E-state index is 0.0793. The second-order valence-corrected chi connectivity index (χ2v) is 3.62. The molecular formula is C6H9BrF2. The Morgan fingerprint density at radius 3 is 2.33 bits per heavy atom. The SMILES string of the molecule is FC1CCC(Br)C(F)C1. The number of rotatable bonds is 0. The van der Waals surface area contributed by atoms with E-state index >= 15 is 0 Å². The average Bonchev–Trinajstić information content (AvgIpc) is 1.80. The number of hydrogen-bond donors (Lipinski definition) is 0. The molecule has 0 heterocycles. The minimum atomic E-state index is -0.978. The molecule has 0 amide bonds. The summed E-state index contributed by atoms with van der Waals surface area (Å²) in [4.78, 5) is -0.107. The smallest absolute Gasteiger partial charge is 0.115 e. The first kappa shape index (κ1) is 7.45. The Labute approximate surface area is 61.8 Å². The van der Waals surface area contributed by atoms with Crippen LogP contribution in [0.2, 0.25) is 0 Å². The van der Waals surface area contributed by atoms with E-state index in [1.165, 1.54) is 0 Å². The van der Waals surface area contributed by atoms with Crippen LogP contribution in [-0.4, -0.2) is 17.2 Å². The van der Waals surface area contributed by atoms with Crippen LogP contribution < -0.4 is 0 Å². The summed E-state index contributed by atoms with van der Waals surface area (Å²) in [5.41, 5.74) is 0. The molecule has 0 saturated heterocycles. The third-order valence-electron chi connectivity index (χ3n) is 1.63. The summed E-state index contributed by atoms with van der Waals surface area (Å²) in [6.45, 7) is 0. The van der Waals surface area contributed by atoms with Crippen LogP contribution in [0, 0.1) is 0 Å². The quantitative estimate of drug-likeness (QED) is 0.526. The zero-order valence-electron chi connectivity index (χ0n) is 4.99. The van der Waals surface area contributed by atoms with Gasteiger partial charge in [-0.2, -0.15) is 0 Å². The van der Waals surface area contributed by atoms with Crippen molar-refractivity contribution in [3.63, 3.8) is 0 Å². The largest absolute Gasteiger partial charge is 0.247 e. The van der Waals surface area contributed by atoms with Gasteiger partial charge in [0.2, 0.25) is 0 Å². The summed E-state index contributed by atoms with van der Waals surface area (Å²) in [7, 11) is 0. The maximum Gasteiger partial charge on any atom is 0.115 e. The predicted octanol–water partition coefficient (Wildman–Crippen LogP) is 2.61. The van der Waals surface area contributed by atoms with E-state index in [-0.39, 0.29) is 11.2 Å². The molecule has 54 valence electrons. The topological polar surface area (TPSA) is 0 Å². The molecule has 0 radical (unpaired) electrons. The lowest BCUT2D eigenvalue weighted by Crippen LogP contribution is -2.26. The van der Waals surface area contributed by atoms with Gasteiger partial charge in [-0.3, -0.25) is 0 Å². The van der Waals surface area contributed by atoms with Crippen LogP contribution in [0.4, 0.5) is 8.78 Å². The van der Waals surface area contributed by atoms with E-state index in [9.17, 15) is 8.78 Å². The Hall–Kier alpha value is 0.340. The van der Waals surface area contributed by atoms with Crippen LogP contribution in [-0.2, 0) is 0 Å². The molecular weight excluding hydrogens is 190 g/mol. The Balaban J connectivity index is 2.35. The molecule has 0 aliphatic heterocycles. The van der Waals surface area contributed by atoms with Crippen molar-refractivity contribution in [3.8, 4) is 0 Å². The van der Waals surface area contributed by atoms with Gasteiger partial charge >= 0.3 is 0 Å². The van der Waals surface area contributed by atoms with Crippen LogP contribution in [0.5, 0.6) is 0 Å². The highest BCUT2D eigenvalue weighted by Gasteiger charge is 2.28. The minimum Gasteiger partial charge on any atom is -0.247 e. The number of hydrogen-bond acceptors (Lipinski definition) is 0. The van der Waals surface area contributed by atoms with Crippen LogP contribution in [0.1, 0.15) is 19.3 Å². The fraction of sp³-hybridized carbons (Fsp3) is 1.00. The van der Waals surface area contributed by atoms with Gasteiger partial charge in [0.15, 0.2) is 0 Å². The average molecular weight is 199 g/mol. The Morgan fingerprint density at radius 1 is 1.22 bits per heavy atom. The third-order valence-corrected chi connectivity index (χ3v) is 2.66. The van der Waals surface area contributed by atoms with Crippen LogP contribution in [0.15, 0.2) is 0 Å². The first-order valence-electron chi connectivity index (χ1n) is 3.12. The summed E-state index contributed by atoms with van der Waals surface area (Å²) >= 11 is 3.14. The molecule has 1 aliphatic carbocycles. The fourth-order valence-corrected chi connectivity index (χ4v) is 1.51. The molecule has 1 fully saturated rings. The van der Waals surface area contributed by atoms with E-state index in [0.717, 1.165) is 0 Å². The molecule has 3 heteroatoms. The molecule has 1 saturated carbocycles. The van der Waals surface area contributed by atoms with Gasteiger partial charge in [-0.1, -0.05) is 15.9 Å². The summed E-state index contributed by atoms with van der Waals surface area (Å²) in [5, 5.41) is 0. The Bertz CT molecular complexity index is 97.1. The van der Waals surface area contributed by atoms with E-state index in [4.69, 9.17) is 0 Å². The van der Waals surface area contributed by atoms with Gasteiger partial charge in [0.05, 0.1) is 0 Å². The molecule has 3 atom stereocenters. The summed E-state index contributed by atoms with van der Waals surface area (Å²) in [6, 6.07) is 0. The standard InChI is InChI=1S/C6H9BrF2/c7-5-2-1-4(8)3-6(5)9/h4-6H,1-3H2. The number of halogens is 3. The van der Waals surface area contributed by atoms with Gasteiger partial charge in [0.1, 0.15) is 12.3 Å². The Kier molecular flexibility index (Phi) is 2.44. The first-order valence-corrected chi connectivity index (χ1v) is 4.04. The molecule has 1 rings (SSSR count). The maximum absolute atomic E-state index is 12.5. The Morgan fingerprint density at radius 2 is 1.89 bits per heavy atom. The van der Waals surface area contributed by atoms with Gasteiger partial charge in [0.25, 0.3) is 0 Å². The molecule has 9 heavy (non-hydrogen) atoms. The predicted molar refractivity (Wildman–Crippen MR) is 36.4 cm³/mol. The van der Waals surface area contributed by atoms with Crippen molar-refractivity contribution in [2.45, 2.75) is 36.4 Å². The molecule has 0 spiro atoms. The molecule has 0 nitrogen and oxygen atoms in total. The van der Waals surface area contributed by atoms with E-state index in [2.05, 4.69) is 15.9 Å². The van der Waals surface area contributed by atoms with Crippen molar-refractivity contribution in [2.24, 2.45) is 0 Å². The molecule has 0 N–H and O–H groups in total. The number of alkyl halides is 3. The van der Waals surface area contributed by atoms with Crippen molar-refractivity contribution in [3.05, 3.63) is 0 Å². The summed E-state index contributed by atoms with van der Waals surface area (Å²) in [5.74, 6) is 0. The monoisotopic (exact) mass is 198 g/mol. The van der Waals surface area contributed by atoms with Crippen molar-refractivity contribution in [1.29, 1.82) is 0 Å². The summed E-state index contributed by atoms with van der Waals surface area (Å²) in [6.07, 6.45) is -0.670. The second kappa shape index (κ2) is 2.95. The fourth-order valence-electron chi connectivity index (χ4n) is 1.03. The lowest BCUT2D eigenvalue weighted by Gasteiger charge is -2.23. The lowest BCUT2D eigenvalue weighted by atomic mass is 9.97. The highest BCUT2D eigenvalue weighted by atomic mass is 79.9. The van der Waals surface area contributed by atoms with Crippen molar-refractivity contribution >= 4 is 15.9 Å². The third kappa shape index (κ3) is 1.88.